The summed E-state index contributed by atoms with van der Waals surface area (Å²) in [6.45, 7) is 7.10. The van der Waals surface area contributed by atoms with Gasteiger partial charge in [0.15, 0.2) is 33.0 Å². The maximum absolute atomic E-state index is 13.9. The van der Waals surface area contributed by atoms with Crippen LogP contribution in [-0.2, 0) is 20.3 Å². The SMILES string of the molecule is COc1ncnc(OC)c1-n1c(CS(=O)(=O)[C@@H](C)[C@@H](OC(C)C)c2ncc(C)cn2)nnc1-c1ccccc1. The number of hydrogen-bond acceptors (Lipinski definition) is 11. The van der Waals surface area contributed by atoms with E-state index in [1.807, 2.05) is 51.1 Å². The lowest BCUT2D eigenvalue weighted by atomic mass is 10.2. The van der Waals surface area contributed by atoms with Crippen molar-refractivity contribution < 1.29 is 22.6 Å². The summed E-state index contributed by atoms with van der Waals surface area (Å²) >= 11 is 0. The van der Waals surface area contributed by atoms with E-state index in [9.17, 15) is 8.42 Å². The highest BCUT2D eigenvalue weighted by Gasteiger charge is 2.36. The molecule has 0 aliphatic heterocycles. The highest BCUT2D eigenvalue weighted by Crippen LogP contribution is 2.35. The van der Waals surface area contributed by atoms with Crippen LogP contribution in [0.1, 0.15) is 44.1 Å². The van der Waals surface area contributed by atoms with Gasteiger partial charge in [-0.05, 0) is 33.3 Å². The first kappa shape index (κ1) is 28.0. The maximum atomic E-state index is 13.9. The molecule has 0 radical (unpaired) electrons. The highest BCUT2D eigenvalue weighted by atomic mass is 32.2. The Morgan fingerprint density at radius 3 is 2.08 bits per heavy atom. The van der Waals surface area contributed by atoms with E-state index in [-0.39, 0.29) is 35.2 Å². The van der Waals surface area contributed by atoms with Crippen LogP contribution in [0.3, 0.4) is 0 Å². The molecule has 13 heteroatoms. The molecule has 0 bridgehead atoms. The standard InChI is InChI=1S/C26H31N7O5S/c1-16(2)38-22(23-27-12-17(3)13-28-23)18(4)39(34,35)14-20-31-32-24(19-10-8-7-9-11-19)33(20)21-25(36-5)29-15-30-26(21)37-6/h7-13,15-16,18,22H,14H2,1-6H3/t18-,22+/m0/s1. The average Bonchev–Trinajstić information content (AvgIpc) is 3.33. The lowest BCUT2D eigenvalue weighted by molar-refractivity contribution is 0.00141. The molecule has 206 valence electrons. The molecule has 4 aromatic rings. The largest absolute Gasteiger partial charge is 0.479 e. The van der Waals surface area contributed by atoms with Crippen molar-refractivity contribution in [2.24, 2.45) is 0 Å². The maximum Gasteiger partial charge on any atom is 0.245 e. The smallest absolute Gasteiger partial charge is 0.245 e. The van der Waals surface area contributed by atoms with Gasteiger partial charge in [-0.3, -0.25) is 4.57 Å². The summed E-state index contributed by atoms with van der Waals surface area (Å²) in [6, 6.07) is 9.24. The number of ether oxygens (including phenoxy) is 3. The van der Waals surface area contributed by atoms with Gasteiger partial charge in [0.05, 0.1) is 25.6 Å². The number of hydrogen-bond donors (Lipinski definition) is 0. The Kier molecular flexibility index (Phi) is 8.51. The first-order valence-electron chi connectivity index (χ1n) is 12.2. The second-order valence-corrected chi connectivity index (χ2v) is 11.5. The number of methoxy groups -OCH3 is 2. The second kappa shape index (κ2) is 11.8. The Morgan fingerprint density at radius 1 is 0.897 bits per heavy atom. The molecule has 0 unspecified atom stereocenters. The van der Waals surface area contributed by atoms with Crippen LogP contribution >= 0.6 is 0 Å². The van der Waals surface area contributed by atoms with E-state index in [1.165, 1.54) is 20.5 Å². The summed E-state index contributed by atoms with van der Waals surface area (Å²) in [5.41, 5.74) is 1.83. The Hall–Kier alpha value is -3.97. The van der Waals surface area contributed by atoms with E-state index in [1.54, 1.807) is 23.9 Å². The van der Waals surface area contributed by atoms with Crippen molar-refractivity contribution in [3.63, 3.8) is 0 Å². The first-order valence-corrected chi connectivity index (χ1v) is 14.0. The number of aromatic nitrogens is 7. The van der Waals surface area contributed by atoms with E-state index in [4.69, 9.17) is 14.2 Å². The number of benzene rings is 1. The fraction of sp³-hybridized carbons (Fsp3) is 0.385. The fourth-order valence-electron chi connectivity index (χ4n) is 3.98. The van der Waals surface area contributed by atoms with E-state index < -0.39 is 26.9 Å². The third kappa shape index (κ3) is 6.04. The van der Waals surface area contributed by atoms with Crippen molar-refractivity contribution in [2.75, 3.05) is 14.2 Å². The van der Waals surface area contributed by atoms with Gasteiger partial charge in [0.25, 0.3) is 0 Å². The van der Waals surface area contributed by atoms with Crippen molar-refractivity contribution in [3.05, 3.63) is 66.3 Å². The fourth-order valence-corrected chi connectivity index (χ4v) is 5.35. The molecule has 12 nitrogen and oxygen atoms in total. The van der Waals surface area contributed by atoms with Gasteiger partial charge in [-0.1, -0.05) is 30.3 Å². The summed E-state index contributed by atoms with van der Waals surface area (Å²) in [6.07, 6.45) is 3.40. The molecule has 3 heterocycles. The van der Waals surface area contributed by atoms with E-state index in [2.05, 4.69) is 30.1 Å². The van der Waals surface area contributed by atoms with Gasteiger partial charge in [-0.25, -0.2) is 18.4 Å². The van der Waals surface area contributed by atoms with E-state index in [0.29, 0.717) is 11.4 Å². The van der Waals surface area contributed by atoms with Crippen LogP contribution in [0, 0.1) is 6.92 Å². The minimum absolute atomic E-state index is 0.125. The number of aryl methyl sites for hydroxylation is 1. The Morgan fingerprint density at radius 2 is 1.51 bits per heavy atom. The molecule has 0 aliphatic carbocycles. The van der Waals surface area contributed by atoms with Crippen molar-refractivity contribution in [1.82, 2.24) is 34.7 Å². The lowest BCUT2D eigenvalue weighted by Crippen LogP contribution is -2.32. The van der Waals surface area contributed by atoms with Crippen LogP contribution in [0.15, 0.2) is 49.1 Å². The summed E-state index contributed by atoms with van der Waals surface area (Å²) in [7, 11) is -1.01. The van der Waals surface area contributed by atoms with Crippen LogP contribution in [0.4, 0.5) is 0 Å². The molecule has 0 fully saturated rings. The van der Waals surface area contributed by atoms with Crippen molar-refractivity contribution in [2.45, 2.75) is 50.9 Å². The molecule has 1 aromatic carbocycles. The molecule has 0 saturated carbocycles. The molecule has 3 aromatic heterocycles. The van der Waals surface area contributed by atoms with Gasteiger partial charge in [-0.15, -0.1) is 10.2 Å². The molecular weight excluding hydrogens is 522 g/mol. The monoisotopic (exact) mass is 553 g/mol. The Bertz CT molecular complexity index is 1490. The van der Waals surface area contributed by atoms with Gasteiger partial charge in [0, 0.05) is 18.0 Å². The molecule has 4 rings (SSSR count). The van der Waals surface area contributed by atoms with Gasteiger partial charge in [0.2, 0.25) is 11.8 Å². The topological polar surface area (TPSA) is 144 Å². The second-order valence-electron chi connectivity index (χ2n) is 9.12. The van der Waals surface area contributed by atoms with Crippen LogP contribution in [0.25, 0.3) is 17.1 Å². The number of rotatable bonds is 11. The van der Waals surface area contributed by atoms with Crippen LogP contribution < -0.4 is 9.47 Å². The molecule has 2 atom stereocenters. The first-order chi connectivity index (χ1) is 18.7. The number of nitrogens with zero attached hydrogens (tertiary/aromatic N) is 7. The molecule has 0 N–H and O–H groups in total. The minimum Gasteiger partial charge on any atom is -0.479 e. The predicted molar refractivity (Wildman–Crippen MR) is 143 cm³/mol. The normalized spacial score (nSPS) is 13.3. The highest BCUT2D eigenvalue weighted by molar-refractivity contribution is 7.91. The summed E-state index contributed by atoms with van der Waals surface area (Å²) in [4.78, 5) is 17.1. The van der Waals surface area contributed by atoms with Gasteiger partial charge >= 0.3 is 0 Å². The zero-order valence-corrected chi connectivity index (χ0v) is 23.5. The third-order valence-electron chi connectivity index (χ3n) is 5.92. The summed E-state index contributed by atoms with van der Waals surface area (Å²) in [5.74, 6) is 0.645. The summed E-state index contributed by atoms with van der Waals surface area (Å²) < 4.78 is 46.3. The van der Waals surface area contributed by atoms with Crippen molar-refractivity contribution in [3.8, 4) is 28.8 Å². The lowest BCUT2D eigenvalue weighted by Gasteiger charge is -2.25. The molecular formula is C26H31N7O5S. The number of sulfone groups is 1. The average molecular weight is 554 g/mol. The Balaban J connectivity index is 1.83. The Labute approximate surface area is 227 Å². The quantitative estimate of drug-likeness (QED) is 0.270. The summed E-state index contributed by atoms with van der Waals surface area (Å²) in [5, 5.41) is 7.62. The predicted octanol–water partition coefficient (Wildman–Crippen LogP) is 3.31. The van der Waals surface area contributed by atoms with Gasteiger partial charge < -0.3 is 14.2 Å². The zero-order chi connectivity index (χ0) is 28.2. The van der Waals surface area contributed by atoms with Crippen LogP contribution in [-0.4, -0.2) is 68.7 Å². The zero-order valence-electron chi connectivity index (χ0n) is 22.6. The van der Waals surface area contributed by atoms with Crippen LogP contribution in [0.2, 0.25) is 0 Å². The van der Waals surface area contributed by atoms with Crippen molar-refractivity contribution >= 4 is 9.84 Å². The minimum atomic E-state index is -3.91. The molecule has 39 heavy (non-hydrogen) atoms. The van der Waals surface area contributed by atoms with Gasteiger partial charge in [-0.2, -0.15) is 9.97 Å². The molecule has 0 aliphatic rings. The molecule has 0 amide bonds. The molecule has 0 spiro atoms. The van der Waals surface area contributed by atoms with Crippen molar-refractivity contribution in [1.29, 1.82) is 0 Å². The van der Waals surface area contributed by atoms with E-state index in [0.717, 1.165) is 5.56 Å². The third-order valence-corrected chi connectivity index (χ3v) is 7.97. The van der Waals surface area contributed by atoms with Crippen LogP contribution in [0.5, 0.6) is 11.8 Å². The molecule has 0 saturated heterocycles. The van der Waals surface area contributed by atoms with Gasteiger partial charge in [0.1, 0.15) is 18.2 Å². The van der Waals surface area contributed by atoms with E-state index >= 15 is 0 Å².